The van der Waals surface area contributed by atoms with E-state index < -0.39 is 24.1 Å². The molecule has 0 aliphatic heterocycles. The third-order valence-corrected chi connectivity index (χ3v) is 4.69. The Morgan fingerprint density at radius 1 is 1.14 bits per heavy atom. The van der Waals surface area contributed by atoms with Gasteiger partial charge in [-0.3, -0.25) is 0 Å². The predicted molar refractivity (Wildman–Crippen MR) is 103 cm³/mol. The highest BCUT2D eigenvalue weighted by molar-refractivity contribution is 5.76. The monoisotopic (exact) mass is 405 g/mol. The lowest BCUT2D eigenvalue weighted by Gasteiger charge is -2.26. The van der Waals surface area contributed by atoms with E-state index in [1.165, 1.54) is 16.5 Å². The average Bonchev–Trinajstić information content (AvgIpc) is 3.11. The normalized spacial score (nSPS) is 12.7. The summed E-state index contributed by atoms with van der Waals surface area (Å²) in [6.45, 7) is 1.94. The van der Waals surface area contributed by atoms with Crippen LogP contribution in [-0.4, -0.2) is 34.1 Å². The van der Waals surface area contributed by atoms with Crippen molar-refractivity contribution in [2.24, 2.45) is 0 Å². The highest BCUT2D eigenvalue weighted by Crippen LogP contribution is 2.34. The first-order valence-corrected chi connectivity index (χ1v) is 9.27. The number of aromatic nitrogens is 2. The molecule has 3 aromatic rings. The zero-order chi connectivity index (χ0) is 21.0. The number of rotatable bonds is 6. The van der Waals surface area contributed by atoms with Gasteiger partial charge in [0.05, 0.1) is 17.1 Å². The largest absolute Gasteiger partial charge is 0.449 e. The molecule has 0 spiro atoms. The third kappa shape index (κ3) is 4.70. The Labute approximate surface area is 166 Å². The molecule has 0 N–H and O–H groups in total. The Morgan fingerprint density at radius 3 is 2.45 bits per heavy atom. The van der Waals surface area contributed by atoms with Gasteiger partial charge in [0.25, 0.3) is 0 Å². The summed E-state index contributed by atoms with van der Waals surface area (Å²) in [5.74, 6) is -0.961. The molecule has 154 valence electrons. The van der Waals surface area contributed by atoms with Crippen molar-refractivity contribution in [1.29, 1.82) is 0 Å². The van der Waals surface area contributed by atoms with Gasteiger partial charge in [-0.2, -0.15) is 13.2 Å². The summed E-state index contributed by atoms with van der Waals surface area (Å²) in [6, 6.07) is 15.1. The Bertz CT molecular complexity index is 970. The van der Waals surface area contributed by atoms with Crippen LogP contribution in [0.2, 0.25) is 0 Å². The smallest absolute Gasteiger partial charge is 0.445 e. The average molecular weight is 405 g/mol. The number of hydrogen-bond acceptors (Lipinski definition) is 3. The molecule has 0 saturated heterocycles. The molecule has 2 aromatic carbocycles. The molecule has 1 heterocycles. The van der Waals surface area contributed by atoms with Crippen molar-refractivity contribution in [1.82, 2.24) is 14.5 Å². The van der Waals surface area contributed by atoms with E-state index in [1.54, 1.807) is 31.2 Å². The minimum absolute atomic E-state index is 0.0631. The van der Waals surface area contributed by atoms with Crippen LogP contribution in [0.3, 0.4) is 0 Å². The quantitative estimate of drug-likeness (QED) is 0.561. The zero-order valence-electron chi connectivity index (χ0n) is 16.2. The topological polar surface area (TPSA) is 47.4 Å². The number of alkyl halides is 3. The first-order chi connectivity index (χ1) is 13.8. The van der Waals surface area contributed by atoms with Gasteiger partial charge >= 0.3 is 12.3 Å². The predicted octanol–water partition coefficient (Wildman–Crippen LogP) is 5.27. The van der Waals surface area contributed by atoms with Crippen LogP contribution in [0.4, 0.5) is 18.0 Å². The number of carbonyl (C=O) groups excluding carboxylic acids is 1. The second-order valence-corrected chi connectivity index (χ2v) is 6.77. The minimum Gasteiger partial charge on any atom is -0.445 e. The number of imidazole rings is 1. The first-order valence-electron chi connectivity index (χ1n) is 9.27. The van der Waals surface area contributed by atoms with Gasteiger partial charge < -0.3 is 14.2 Å². The zero-order valence-corrected chi connectivity index (χ0v) is 16.2. The molecule has 5 nitrogen and oxygen atoms in total. The van der Waals surface area contributed by atoms with Gasteiger partial charge in [-0.15, -0.1) is 0 Å². The SMILES string of the molecule is CC[C@@H](CN(C)C(=O)OCc1ccccc1)n1c(C(F)(F)F)nc2ccccc21. The van der Waals surface area contributed by atoms with Crippen molar-refractivity contribution < 1.29 is 22.7 Å². The fraction of sp³-hybridized carbons (Fsp3) is 0.333. The van der Waals surface area contributed by atoms with Gasteiger partial charge in [-0.1, -0.05) is 49.4 Å². The van der Waals surface area contributed by atoms with E-state index in [9.17, 15) is 18.0 Å². The van der Waals surface area contributed by atoms with Crippen LogP contribution in [0.15, 0.2) is 54.6 Å². The summed E-state index contributed by atoms with van der Waals surface area (Å²) in [5, 5.41) is 0. The maximum atomic E-state index is 13.6. The van der Waals surface area contributed by atoms with Crippen LogP contribution < -0.4 is 0 Å². The number of ether oxygens (including phenoxy) is 1. The molecule has 0 unspecified atom stereocenters. The molecular formula is C21H22F3N3O2. The van der Waals surface area contributed by atoms with Crippen molar-refractivity contribution in [3.05, 3.63) is 66.0 Å². The molecule has 0 aliphatic carbocycles. The van der Waals surface area contributed by atoms with E-state index in [-0.39, 0.29) is 18.7 Å². The Balaban J connectivity index is 1.80. The summed E-state index contributed by atoms with van der Waals surface area (Å²) in [7, 11) is 1.52. The molecule has 3 rings (SSSR count). The van der Waals surface area contributed by atoms with E-state index >= 15 is 0 Å². The standard InChI is InChI=1S/C21H22F3N3O2/c1-3-16(13-26(2)20(28)29-14-15-9-5-4-6-10-15)27-18-12-8-7-11-17(18)25-19(27)21(22,23)24/h4-12,16H,3,13-14H2,1-2H3/t16-/m0/s1. The molecule has 1 amide bonds. The van der Waals surface area contributed by atoms with Crippen molar-refractivity contribution in [2.45, 2.75) is 32.2 Å². The number of fused-ring (bicyclic) bond motifs is 1. The van der Waals surface area contributed by atoms with E-state index in [4.69, 9.17) is 4.74 Å². The van der Waals surface area contributed by atoms with E-state index in [1.807, 2.05) is 30.3 Å². The van der Waals surface area contributed by atoms with Crippen LogP contribution in [-0.2, 0) is 17.5 Å². The molecule has 29 heavy (non-hydrogen) atoms. The molecule has 0 saturated carbocycles. The van der Waals surface area contributed by atoms with Crippen molar-refractivity contribution >= 4 is 17.1 Å². The van der Waals surface area contributed by atoms with Crippen LogP contribution in [0, 0.1) is 0 Å². The highest BCUT2D eigenvalue weighted by atomic mass is 19.4. The molecule has 1 atom stereocenters. The molecule has 0 radical (unpaired) electrons. The van der Waals surface area contributed by atoms with Crippen LogP contribution >= 0.6 is 0 Å². The van der Waals surface area contributed by atoms with Crippen molar-refractivity contribution in [3.8, 4) is 0 Å². The molecule has 0 bridgehead atoms. The summed E-state index contributed by atoms with van der Waals surface area (Å²) in [6.07, 6.45) is -4.80. The van der Waals surface area contributed by atoms with Gasteiger partial charge in [0.2, 0.25) is 5.82 Å². The Kier molecular flexibility index (Phi) is 6.10. The highest BCUT2D eigenvalue weighted by Gasteiger charge is 2.39. The second-order valence-electron chi connectivity index (χ2n) is 6.77. The number of hydrogen-bond donors (Lipinski definition) is 0. The number of likely N-dealkylation sites (N-methyl/N-ethyl adjacent to an activating group) is 1. The van der Waals surface area contributed by atoms with Crippen LogP contribution in [0.1, 0.15) is 30.8 Å². The first kappa shape index (κ1) is 20.7. The van der Waals surface area contributed by atoms with Crippen molar-refractivity contribution in [3.63, 3.8) is 0 Å². The van der Waals surface area contributed by atoms with E-state index in [2.05, 4.69) is 4.98 Å². The van der Waals surface area contributed by atoms with Gasteiger partial charge in [0.1, 0.15) is 6.61 Å². The van der Waals surface area contributed by atoms with Gasteiger partial charge in [-0.25, -0.2) is 9.78 Å². The number of halogens is 3. The van der Waals surface area contributed by atoms with E-state index in [0.29, 0.717) is 11.9 Å². The summed E-state index contributed by atoms with van der Waals surface area (Å²) < 4.78 is 47.3. The van der Waals surface area contributed by atoms with E-state index in [0.717, 1.165) is 5.56 Å². The third-order valence-electron chi connectivity index (χ3n) is 4.69. The van der Waals surface area contributed by atoms with Crippen molar-refractivity contribution in [2.75, 3.05) is 13.6 Å². The number of carbonyl (C=O) groups is 1. The lowest BCUT2D eigenvalue weighted by atomic mass is 10.2. The molecular weight excluding hydrogens is 383 g/mol. The minimum atomic E-state index is -4.60. The maximum absolute atomic E-state index is 13.6. The van der Waals surface area contributed by atoms with Gasteiger partial charge in [0, 0.05) is 13.6 Å². The number of amides is 1. The molecule has 1 aromatic heterocycles. The van der Waals surface area contributed by atoms with Gasteiger partial charge in [0.15, 0.2) is 0 Å². The fourth-order valence-electron chi connectivity index (χ4n) is 3.23. The lowest BCUT2D eigenvalue weighted by Crippen LogP contribution is -2.34. The summed E-state index contributed by atoms with van der Waals surface area (Å²) in [5.41, 5.74) is 1.49. The maximum Gasteiger partial charge on any atom is 0.449 e. The summed E-state index contributed by atoms with van der Waals surface area (Å²) >= 11 is 0. The molecule has 0 aliphatic rings. The van der Waals surface area contributed by atoms with Gasteiger partial charge in [-0.05, 0) is 24.1 Å². The number of para-hydroxylation sites is 2. The number of benzene rings is 2. The Hall–Kier alpha value is -3.03. The summed E-state index contributed by atoms with van der Waals surface area (Å²) in [4.78, 5) is 17.4. The fourth-order valence-corrected chi connectivity index (χ4v) is 3.23. The Morgan fingerprint density at radius 2 is 1.79 bits per heavy atom. The second kappa shape index (κ2) is 8.55. The lowest BCUT2D eigenvalue weighted by molar-refractivity contribution is -0.147. The van der Waals surface area contributed by atoms with Crippen LogP contribution in [0.5, 0.6) is 0 Å². The number of nitrogens with zero attached hydrogens (tertiary/aromatic N) is 3. The van der Waals surface area contributed by atoms with Crippen LogP contribution in [0.25, 0.3) is 11.0 Å². The molecule has 0 fully saturated rings. The molecule has 8 heteroatoms.